The minimum Gasteiger partial charge on any atom is -0.465 e. The molecule has 1 unspecified atom stereocenters. The third kappa shape index (κ3) is 7.38. The van der Waals surface area contributed by atoms with E-state index in [2.05, 4.69) is 24.6 Å². The molecular formula is C24H30Cl2F2N4O4S. The number of halogens is 4. The Morgan fingerprint density at radius 2 is 1.84 bits per heavy atom. The zero-order valence-corrected chi connectivity index (χ0v) is 22.6. The van der Waals surface area contributed by atoms with Gasteiger partial charge in [-0.3, -0.25) is 9.80 Å². The molecule has 2 heterocycles. The monoisotopic (exact) mass is 578 g/mol. The van der Waals surface area contributed by atoms with E-state index in [9.17, 15) is 22.0 Å². The summed E-state index contributed by atoms with van der Waals surface area (Å²) in [6.45, 7) is 4.50. The van der Waals surface area contributed by atoms with E-state index in [1.54, 1.807) is 6.07 Å². The molecule has 37 heavy (non-hydrogen) atoms. The average Bonchev–Trinajstić information content (AvgIpc) is 2.82. The highest BCUT2D eigenvalue weighted by Crippen LogP contribution is 2.28. The number of sulfonamides is 1. The zero-order valence-electron chi connectivity index (χ0n) is 20.3. The lowest BCUT2D eigenvalue weighted by Crippen LogP contribution is -2.62. The van der Waals surface area contributed by atoms with Crippen molar-refractivity contribution in [3.8, 4) is 0 Å². The summed E-state index contributed by atoms with van der Waals surface area (Å²) >= 11 is 6.01. The fourth-order valence-corrected chi connectivity index (χ4v) is 5.97. The Morgan fingerprint density at radius 3 is 2.41 bits per heavy atom. The zero-order chi connectivity index (χ0) is 25.9. The molecule has 8 nitrogen and oxygen atoms in total. The van der Waals surface area contributed by atoms with Crippen LogP contribution in [0, 0.1) is 11.6 Å². The molecule has 0 aliphatic carbocycles. The number of benzene rings is 2. The molecule has 204 valence electrons. The second kappa shape index (κ2) is 12.8. The van der Waals surface area contributed by atoms with Gasteiger partial charge in [0.2, 0.25) is 10.0 Å². The van der Waals surface area contributed by atoms with Gasteiger partial charge in [0.25, 0.3) is 0 Å². The first-order valence-corrected chi connectivity index (χ1v) is 13.7. The molecule has 1 atom stereocenters. The lowest BCUT2D eigenvalue weighted by Gasteiger charge is -2.45. The Morgan fingerprint density at radius 1 is 1.14 bits per heavy atom. The fourth-order valence-electron chi connectivity index (χ4n) is 4.47. The summed E-state index contributed by atoms with van der Waals surface area (Å²) in [5.74, 6) is -2.28. The van der Waals surface area contributed by atoms with Gasteiger partial charge in [0, 0.05) is 57.4 Å². The molecule has 0 saturated carbocycles. The highest BCUT2D eigenvalue weighted by atomic mass is 35.5. The Labute approximate surface area is 226 Å². The minimum atomic E-state index is -3.88. The van der Waals surface area contributed by atoms with Gasteiger partial charge in [0.15, 0.2) is 0 Å². The maximum Gasteiger partial charge on any atom is 0.337 e. The smallest absolute Gasteiger partial charge is 0.337 e. The third-order valence-corrected chi connectivity index (χ3v) is 8.36. The number of nitrogens with one attached hydrogen (secondary N) is 2. The van der Waals surface area contributed by atoms with Gasteiger partial charge in [-0.2, -0.15) is 0 Å². The summed E-state index contributed by atoms with van der Waals surface area (Å²) in [5, 5.41) is 3.19. The molecule has 0 amide bonds. The minimum absolute atomic E-state index is 0. The molecule has 0 radical (unpaired) electrons. The first kappa shape index (κ1) is 29.7. The topological polar surface area (TPSA) is 91.0 Å². The molecule has 0 spiro atoms. The number of esters is 1. The van der Waals surface area contributed by atoms with Crippen molar-refractivity contribution < 1.29 is 26.7 Å². The van der Waals surface area contributed by atoms with Crippen LogP contribution in [0.5, 0.6) is 0 Å². The Kier molecular flexibility index (Phi) is 10.3. The first-order chi connectivity index (χ1) is 17.2. The van der Waals surface area contributed by atoms with E-state index in [4.69, 9.17) is 11.6 Å². The fraction of sp³-hybridized carbons (Fsp3) is 0.458. The molecule has 0 bridgehead atoms. The lowest BCUT2D eigenvalue weighted by molar-refractivity contribution is 0.0558. The molecule has 2 aromatic rings. The van der Waals surface area contributed by atoms with Crippen LogP contribution in [-0.2, 0) is 21.3 Å². The molecule has 13 heteroatoms. The third-order valence-electron chi connectivity index (χ3n) is 6.73. The lowest BCUT2D eigenvalue weighted by atomic mass is 10.0. The van der Waals surface area contributed by atoms with E-state index in [0.29, 0.717) is 24.7 Å². The maximum atomic E-state index is 14.4. The molecule has 2 fully saturated rings. The quantitative estimate of drug-likeness (QED) is 0.442. The summed E-state index contributed by atoms with van der Waals surface area (Å²) < 4.78 is 61.5. The number of nitrogens with zero attached hydrogens (tertiary/aromatic N) is 2. The molecule has 2 aromatic carbocycles. The van der Waals surface area contributed by atoms with Gasteiger partial charge in [0.05, 0.1) is 29.5 Å². The Bertz CT molecular complexity index is 1210. The van der Waals surface area contributed by atoms with Gasteiger partial charge in [0.1, 0.15) is 11.6 Å². The van der Waals surface area contributed by atoms with E-state index in [-0.39, 0.29) is 40.9 Å². The van der Waals surface area contributed by atoms with Gasteiger partial charge in [-0.1, -0.05) is 23.7 Å². The van der Waals surface area contributed by atoms with Crippen LogP contribution in [0.3, 0.4) is 0 Å². The van der Waals surface area contributed by atoms with Gasteiger partial charge >= 0.3 is 5.97 Å². The van der Waals surface area contributed by atoms with Crippen molar-refractivity contribution in [2.24, 2.45) is 0 Å². The van der Waals surface area contributed by atoms with Crippen molar-refractivity contribution in [1.82, 2.24) is 19.8 Å². The highest BCUT2D eigenvalue weighted by Gasteiger charge is 2.33. The number of ether oxygens (including phenoxy) is 1. The van der Waals surface area contributed by atoms with E-state index in [0.717, 1.165) is 32.2 Å². The summed E-state index contributed by atoms with van der Waals surface area (Å²) in [5.41, 5.74) is 0.723. The summed E-state index contributed by atoms with van der Waals surface area (Å²) in [4.78, 5) is 16.0. The average molecular weight is 579 g/mol. The highest BCUT2D eigenvalue weighted by molar-refractivity contribution is 7.89. The molecule has 2 N–H and O–H groups in total. The Balaban J connectivity index is 0.00000380. The van der Waals surface area contributed by atoms with Crippen LogP contribution in [0.1, 0.15) is 27.5 Å². The van der Waals surface area contributed by atoms with Gasteiger partial charge in [-0.25, -0.2) is 26.7 Å². The number of carbonyl (C=O) groups excluding carboxylic acids is 1. The maximum absolute atomic E-state index is 14.4. The van der Waals surface area contributed by atoms with Crippen LogP contribution in [0.4, 0.5) is 8.78 Å². The summed E-state index contributed by atoms with van der Waals surface area (Å²) in [6, 6.07) is 7.91. The SMILES string of the molecule is COC(=O)c1ccc(CNS(=O)(=O)CC(c2ccc(F)c(Cl)c2)N2CCN(C3CNC3)CC2)c(F)c1.Cl. The molecule has 0 aromatic heterocycles. The largest absolute Gasteiger partial charge is 0.465 e. The second-order valence-electron chi connectivity index (χ2n) is 8.97. The van der Waals surface area contributed by atoms with Gasteiger partial charge in [-0.05, 0) is 29.8 Å². The van der Waals surface area contributed by atoms with Crippen molar-refractivity contribution in [1.29, 1.82) is 0 Å². The van der Waals surface area contributed by atoms with Crippen molar-refractivity contribution in [2.45, 2.75) is 18.6 Å². The van der Waals surface area contributed by atoms with Gasteiger partial charge < -0.3 is 10.1 Å². The predicted molar refractivity (Wildman–Crippen MR) is 140 cm³/mol. The van der Waals surface area contributed by atoms with E-state index >= 15 is 0 Å². The molecule has 2 saturated heterocycles. The number of methoxy groups -OCH3 is 1. The number of hydrogen-bond donors (Lipinski definition) is 2. The van der Waals surface area contributed by atoms with Crippen molar-refractivity contribution in [3.63, 3.8) is 0 Å². The van der Waals surface area contributed by atoms with Crippen LogP contribution in [0.15, 0.2) is 36.4 Å². The summed E-state index contributed by atoms with van der Waals surface area (Å²) in [7, 11) is -2.69. The second-order valence-corrected chi connectivity index (χ2v) is 11.2. The molecule has 4 rings (SSSR count). The number of piperazine rings is 1. The number of rotatable bonds is 9. The van der Waals surface area contributed by atoms with Crippen LogP contribution in [0.2, 0.25) is 5.02 Å². The van der Waals surface area contributed by atoms with Crippen molar-refractivity contribution in [2.75, 3.05) is 52.1 Å². The van der Waals surface area contributed by atoms with Crippen LogP contribution in [-0.4, -0.2) is 82.4 Å². The van der Waals surface area contributed by atoms with Crippen LogP contribution >= 0.6 is 24.0 Å². The standard InChI is InChI=1S/C24H29ClF2N4O4S.ClH/c1-35-24(32)17-2-3-18(22(27)11-17)12-29-36(33,34)15-23(16-4-5-21(26)20(25)10-16)31-8-6-30(7-9-31)19-13-28-14-19;/h2-5,10-11,19,23,28-29H,6-9,12-15H2,1H3;1H. The van der Waals surface area contributed by atoms with E-state index in [1.165, 1.54) is 31.4 Å². The van der Waals surface area contributed by atoms with Crippen LogP contribution in [0.25, 0.3) is 0 Å². The molecule has 2 aliphatic rings. The van der Waals surface area contributed by atoms with Crippen molar-refractivity contribution >= 4 is 40.0 Å². The summed E-state index contributed by atoms with van der Waals surface area (Å²) in [6.07, 6.45) is 0. The first-order valence-electron chi connectivity index (χ1n) is 11.6. The predicted octanol–water partition coefficient (Wildman–Crippen LogP) is 2.58. The normalized spacial score (nSPS) is 18.1. The Hall–Kier alpha value is -1.86. The van der Waals surface area contributed by atoms with Crippen LogP contribution < -0.4 is 10.0 Å². The molecule has 2 aliphatic heterocycles. The van der Waals surface area contributed by atoms with E-state index in [1.807, 2.05) is 0 Å². The van der Waals surface area contributed by atoms with Gasteiger partial charge in [-0.15, -0.1) is 12.4 Å². The number of carbonyl (C=O) groups is 1. The number of hydrogen-bond acceptors (Lipinski definition) is 7. The molecular weight excluding hydrogens is 549 g/mol. The van der Waals surface area contributed by atoms with Crippen molar-refractivity contribution in [3.05, 3.63) is 69.7 Å². The van der Waals surface area contributed by atoms with E-state index < -0.39 is 33.7 Å².